The summed E-state index contributed by atoms with van der Waals surface area (Å²) in [6.07, 6.45) is 3.66. The molecule has 0 aliphatic carbocycles. The zero-order valence-electron chi connectivity index (χ0n) is 19.0. The van der Waals surface area contributed by atoms with E-state index in [2.05, 4.69) is 18.7 Å². The van der Waals surface area contributed by atoms with Gasteiger partial charge in [0.25, 0.3) is 0 Å². The number of fused-ring (bicyclic) bond motifs is 5. The Bertz CT molecular complexity index is 942. The lowest BCUT2D eigenvalue weighted by Gasteiger charge is -2.56. The Morgan fingerprint density at radius 2 is 2.13 bits per heavy atom. The van der Waals surface area contributed by atoms with Crippen LogP contribution in [0.15, 0.2) is 35.0 Å². The van der Waals surface area contributed by atoms with E-state index in [-0.39, 0.29) is 17.8 Å². The van der Waals surface area contributed by atoms with Crippen LogP contribution in [-0.2, 0) is 19.9 Å². The van der Waals surface area contributed by atoms with Gasteiger partial charge < -0.3 is 19.3 Å². The predicted octanol–water partition coefficient (Wildman–Crippen LogP) is 3.18. The molecule has 3 aliphatic rings. The molecule has 1 N–H and O–H groups in total. The number of carbonyl (C=O) groups excluding carboxylic acids is 1. The molecule has 2 saturated heterocycles. The summed E-state index contributed by atoms with van der Waals surface area (Å²) in [5, 5.41) is 11.9. The molecule has 2 fully saturated rings. The second-order valence-electron chi connectivity index (χ2n) is 8.92. The van der Waals surface area contributed by atoms with Crippen LogP contribution in [0.3, 0.4) is 0 Å². The highest BCUT2D eigenvalue weighted by Gasteiger charge is 2.59. The van der Waals surface area contributed by atoms with Crippen LogP contribution in [0.1, 0.15) is 38.7 Å². The van der Waals surface area contributed by atoms with Crippen molar-refractivity contribution in [3.05, 3.63) is 35.6 Å². The summed E-state index contributed by atoms with van der Waals surface area (Å²) in [6, 6.07) is 5.70. The molecular formula is C24H32N2O5. The summed E-state index contributed by atoms with van der Waals surface area (Å²) in [4.78, 5) is 20.0. The van der Waals surface area contributed by atoms with Crippen molar-refractivity contribution in [2.24, 2.45) is 16.8 Å². The van der Waals surface area contributed by atoms with E-state index >= 15 is 0 Å². The third kappa shape index (κ3) is 3.17. The maximum absolute atomic E-state index is 12.6. The molecule has 1 aromatic carbocycles. The first-order valence-electron chi connectivity index (χ1n) is 10.9. The second kappa shape index (κ2) is 7.95. The van der Waals surface area contributed by atoms with Crippen molar-refractivity contribution >= 4 is 17.4 Å². The van der Waals surface area contributed by atoms with Crippen LogP contribution < -0.4 is 4.74 Å². The molecule has 4 rings (SSSR count). The number of rotatable bonds is 5. The molecule has 31 heavy (non-hydrogen) atoms. The summed E-state index contributed by atoms with van der Waals surface area (Å²) in [5.74, 6) is 0.504. The molecule has 0 spiro atoms. The first-order chi connectivity index (χ1) is 14.8. The van der Waals surface area contributed by atoms with Gasteiger partial charge in [-0.3, -0.25) is 9.89 Å². The number of esters is 1. The third-order valence-electron chi connectivity index (χ3n) is 7.44. The standard InChI is InChI=1S/C24H32N2O5/c1-6-15-13-26-11-10-24(28)20-18(8-7-9-19(20)30-4)25-22(24)23(26,2)12-16(15)17(14-29-3)21(27)31-5/h7-9,14-16,28H,6,10-13H2,1-5H3/b17-14+/t15-,16+,23+,24+/m1/s1. The number of ether oxygens (including phenoxy) is 3. The van der Waals surface area contributed by atoms with Crippen LogP contribution in [0.25, 0.3) is 0 Å². The third-order valence-corrected chi connectivity index (χ3v) is 7.44. The lowest BCUT2D eigenvalue weighted by molar-refractivity contribution is -0.137. The molecular weight excluding hydrogens is 396 g/mol. The molecule has 0 aromatic heterocycles. The van der Waals surface area contributed by atoms with Crippen LogP contribution >= 0.6 is 0 Å². The molecule has 0 saturated carbocycles. The predicted molar refractivity (Wildman–Crippen MR) is 118 cm³/mol. The number of aliphatic imine (C=N–C) groups is 1. The van der Waals surface area contributed by atoms with Gasteiger partial charge in [-0.1, -0.05) is 19.4 Å². The van der Waals surface area contributed by atoms with Crippen LogP contribution in [0.4, 0.5) is 5.69 Å². The van der Waals surface area contributed by atoms with Gasteiger partial charge in [-0.05, 0) is 37.8 Å². The number of aliphatic hydroxyl groups is 1. The van der Waals surface area contributed by atoms with E-state index < -0.39 is 11.1 Å². The van der Waals surface area contributed by atoms with Gasteiger partial charge in [0.2, 0.25) is 0 Å². The minimum absolute atomic E-state index is 0.0608. The Morgan fingerprint density at radius 3 is 2.77 bits per heavy atom. The van der Waals surface area contributed by atoms with E-state index in [4.69, 9.17) is 19.2 Å². The van der Waals surface area contributed by atoms with Gasteiger partial charge in [-0.15, -0.1) is 0 Å². The number of hydrogen-bond acceptors (Lipinski definition) is 7. The smallest absolute Gasteiger partial charge is 0.337 e. The Labute approximate surface area is 183 Å². The van der Waals surface area contributed by atoms with Crippen molar-refractivity contribution in [3.8, 4) is 5.75 Å². The molecule has 0 unspecified atom stereocenters. The normalized spacial score (nSPS) is 32.5. The second-order valence-corrected chi connectivity index (χ2v) is 8.92. The number of carbonyl (C=O) groups is 1. The van der Waals surface area contributed by atoms with Gasteiger partial charge in [0.1, 0.15) is 11.4 Å². The Kier molecular flexibility index (Phi) is 5.60. The molecule has 3 aliphatic heterocycles. The average Bonchev–Trinajstić information content (AvgIpc) is 3.10. The van der Waals surface area contributed by atoms with E-state index in [0.717, 1.165) is 36.5 Å². The van der Waals surface area contributed by atoms with E-state index in [1.807, 2.05) is 18.2 Å². The quantitative estimate of drug-likeness (QED) is 0.441. The summed E-state index contributed by atoms with van der Waals surface area (Å²) >= 11 is 0. The minimum Gasteiger partial charge on any atom is -0.504 e. The van der Waals surface area contributed by atoms with Crippen molar-refractivity contribution in [3.63, 3.8) is 0 Å². The maximum atomic E-state index is 12.6. The van der Waals surface area contributed by atoms with Crippen molar-refractivity contribution in [2.45, 2.75) is 44.2 Å². The zero-order valence-corrected chi connectivity index (χ0v) is 19.0. The van der Waals surface area contributed by atoms with Gasteiger partial charge in [-0.2, -0.15) is 0 Å². The van der Waals surface area contributed by atoms with Crippen LogP contribution in [0.2, 0.25) is 0 Å². The largest absolute Gasteiger partial charge is 0.504 e. The molecule has 1 aromatic rings. The number of nitrogens with zero attached hydrogens (tertiary/aromatic N) is 2. The summed E-state index contributed by atoms with van der Waals surface area (Å²) in [6.45, 7) is 5.84. The lowest BCUT2D eigenvalue weighted by Crippen LogP contribution is -2.67. The molecule has 0 bridgehead atoms. The topological polar surface area (TPSA) is 80.6 Å². The summed E-state index contributed by atoms with van der Waals surface area (Å²) in [5.41, 5.74) is 1.12. The molecule has 3 heterocycles. The molecule has 4 atom stereocenters. The average molecular weight is 429 g/mol. The van der Waals surface area contributed by atoms with Crippen molar-refractivity contribution in [1.82, 2.24) is 4.90 Å². The highest BCUT2D eigenvalue weighted by atomic mass is 16.5. The van der Waals surface area contributed by atoms with Crippen molar-refractivity contribution in [2.75, 3.05) is 34.4 Å². The number of benzene rings is 1. The maximum Gasteiger partial charge on any atom is 0.337 e. The van der Waals surface area contributed by atoms with E-state index in [9.17, 15) is 9.90 Å². The van der Waals surface area contributed by atoms with Crippen molar-refractivity contribution in [1.29, 1.82) is 0 Å². The minimum atomic E-state index is -1.17. The van der Waals surface area contributed by atoms with Gasteiger partial charge in [0.05, 0.1) is 55.7 Å². The van der Waals surface area contributed by atoms with E-state index in [1.54, 1.807) is 14.2 Å². The molecule has 168 valence electrons. The van der Waals surface area contributed by atoms with Gasteiger partial charge in [0.15, 0.2) is 0 Å². The number of methoxy groups -OCH3 is 3. The lowest BCUT2D eigenvalue weighted by atomic mass is 9.64. The van der Waals surface area contributed by atoms with E-state index in [1.165, 1.54) is 13.4 Å². The Hall–Kier alpha value is -2.38. The highest BCUT2D eigenvalue weighted by molar-refractivity contribution is 6.07. The summed E-state index contributed by atoms with van der Waals surface area (Å²) in [7, 11) is 4.56. The van der Waals surface area contributed by atoms with Crippen LogP contribution in [-0.4, -0.2) is 61.6 Å². The highest BCUT2D eigenvalue weighted by Crippen LogP contribution is 2.55. The molecule has 7 nitrogen and oxygen atoms in total. The first-order valence-corrected chi connectivity index (χ1v) is 10.9. The number of hydrogen-bond donors (Lipinski definition) is 1. The van der Waals surface area contributed by atoms with Gasteiger partial charge >= 0.3 is 5.97 Å². The Balaban J connectivity index is 1.79. The fourth-order valence-corrected chi connectivity index (χ4v) is 5.87. The SMILES string of the molecule is CC[C@@H]1CN2CC[C@@]3(O)C(=Nc4cccc(OC)c43)[C@]2(C)C[C@@H]1/C(=C\OC)C(=O)OC. The zero-order chi connectivity index (χ0) is 22.4. The fraction of sp³-hybridized carbons (Fsp3) is 0.583. The van der Waals surface area contributed by atoms with Crippen molar-refractivity contribution < 1.29 is 24.1 Å². The van der Waals surface area contributed by atoms with Gasteiger partial charge in [-0.25, -0.2) is 4.79 Å². The summed E-state index contributed by atoms with van der Waals surface area (Å²) < 4.78 is 15.9. The van der Waals surface area contributed by atoms with Crippen LogP contribution in [0, 0.1) is 11.8 Å². The van der Waals surface area contributed by atoms with Crippen LogP contribution in [0.5, 0.6) is 5.75 Å². The monoisotopic (exact) mass is 428 g/mol. The first kappa shape index (κ1) is 21.8. The number of piperidine rings is 2. The fourth-order valence-electron chi connectivity index (χ4n) is 5.87. The molecule has 0 amide bonds. The molecule has 0 radical (unpaired) electrons. The van der Waals surface area contributed by atoms with E-state index in [0.29, 0.717) is 24.2 Å². The van der Waals surface area contributed by atoms with Gasteiger partial charge in [0, 0.05) is 19.0 Å². The molecule has 7 heteroatoms. The Morgan fingerprint density at radius 1 is 1.35 bits per heavy atom.